The minimum Gasteiger partial charge on any atom is -0.456 e. The van der Waals surface area contributed by atoms with E-state index < -0.39 is 28.9 Å². The number of cyclic esters (lactones) is 1. The zero-order valence-corrected chi connectivity index (χ0v) is 19.3. The van der Waals surface area contributed by atoms with E-state index in [2.05, 4.69) is 15.7 Å². The molecule has 3 amide bonds. The Hall–Kier alpha value is -2.83. The van der Waals surface area contributed by atoms with Crippen LogP contribution in [0, 0.1) is 0 Å². The van der Waals surface area contributed by atoms with Crippen LogP contribution in [-0.4, -0.2) is 90.7 Å². The van der Waals surface area contributed by atoms with E-state index in [-0.39, 0.29) is 25.6 Å². The van der Waals surface area contributed by atoms with Crippen molar-refractivity contribution in [3.63, 3.8) is 0 Å². The summed E-state index contributed by atoms with van der Waals surface area (Å²) in [4.78, 5) is 53.4. The fourth-order valence-corrected chi connectivity index (χ4v) is 3.42. The lowest BCUT2D eigenvalue weighted by Gasteiger charge is -2.22. The van der Waals surface area contributed by atoms with Crippen LogP contribution in [0.1, 0.15) is 6.92 Å². The fraction of sp³-hybridized carbons (Fsp3) is 0.526. The Morgan fingerprint density at radius 2 is 2.09 bits per heavy atom. The average Bonchev–Trinajstić information content (AvgIpc) is 2.99. The van der Waals surface area contributed by atoms with Crippen molar-refractivity contribution in [3.05, 3.63) is 18.3 Å². The summed E-state index contributed by atoms with van der Waals surface area (Å²) in [6.45, 7) is 3.24. The number of carbonyl (C=O) groups excluding carboxylic acids is 4. The van der Waals surface area contributed by atoms with E-state index in [0.717, 1.165) is 0 Å². The highest BCUT2D eigenvalue weighted by Crippen LogP contribution is 2.23. The number of nitrogens with zero attached hydrogens (tertiary/aromatic N) is 4. The first-order chi connectivity index (χ1) is 15.7. The number of nitrogens with one attached hydrogen (secondary N) is 2. The Bertz CT molecular complexity index is 886. The van der Waals surface area contributed by atoms with E-state index in [4.69, 9.17) is 32.7 Å². The first-order valence-electron chi connectivity index (χ1n) is 10.2. The summed E-state index contributed by atoms with van der Waals surface area (Å²) in [6.07, 6.45) is 0.478. The van der Waals surface area contributed by atoms with Crippen LogP contribution in [0.2, 0.25) is 0 Å². The van der Waals surface area contributed by atoms with E-state index in [1.807, 2.05) is 4.90 Å². The van der Waals surface area contributed by atoms with Crippen molar-refractivity contribution in [2.45, 2.75) is 17.9 Å². The van der Waals surface area contributed by atoms with E-state index in [1.54, 1.807) is 18.3 Å². The van der Waals surface area contributed by atoms with E-state index >= 15 is 0 Å². The summed E-state index contributed by atoms with van der Waals surface area (Å²) in [7, 11) is 0. The Kier molecular flexibility index (Phi) is 8.53. The number of halogens is 2. The third-order valence-corrected chi connectivity index (χ3v) is 5.32. The zero-order valence-electron chi connectivity index (χ0n) is 17.8. The molecular weight excluding hydrogens is 479 g/mol. The van der Waals surface area contributed by atoms with Crippen molar-refractivity contribution < 1.29 is 28.7 Å². The topological polar surface area (TPSA) is 133 Å². The summed E-state index contributed by atoms with van der Waals surface area (Å²) in [5.41, 5.74) is 3.56. The molecule has 33 heavy (non-hydrogen) atoms. The van der Waals surface area contributed by atoms with Gasteiger partial charge in [0.15, 0.2) is 11.4 Å². The third-order valence-electron chi connectivity index (χ3n) is 4.92. The van der Waals surface area contributed by atoms with Crippen molar-refractivity contribution in [2.75, 3.05) is 55.7 Å². The van der Waals surface area contributed by atoms with Crippen LogP contribution in [0.15, 0.2) is 18.3 Å². The number of esters is 1. The summed E-state index contributed by atoms with van der Waals surface area (Å²) < 4.78 is 10.0. The van der Waals surface area contributed by atoms with Crippen LogP contribution >= 0.6 is 23.2 Å². The third kappa shape index (κ3) is 6.83. The van der Waals surface area contributed by atoms with Crippen LogP contribution in [0.3, 0.4) is 0 Å². The Labute approximate surface area is 200 Å². The van der Waals surface area contributed by atoms with Crippen molar-refractivity contribution in [2.24, 2.45) is 0 Å². The minimum atomic E-state index is -1.19. The largest absolute Gasteiger partial charge is 0.456 e. The van der Waals surface area contributed by atoms with Gasteiger partial charge in [0.05, 0.1) is 31.5 Å². The van der Waals surface area contributed by atoms with Gasteiger partial charge < -0.3 is 19.7 Å². The van der Waals surface area contributed by atoms with Gasteiger partial charge in [-0.3, -0.25) is 24.3 Å². The number of hydrogen-bond acceptors (Lipinski definition) is 9. The SMILES string of the molecule is CC(=O)OCC(=O)N1CCN(c2ccc(N3C[C@H](CNC(=O)C(Cl)Cl)OC3=O)cn2)CCN1. The van der Waals surface area contributed by atoms with Crippen molar-refractivity contribution in [1.82, 2.24) is 20.7 Å². The standard InChI is InChI=1S/C19H24Cl2N6O6/c1-12(28)32-11-16(29)27-7-6-25(5-4-24-27)15-3-2-13(8-22-15)26-10-14(33-19(26)31)9-23-18(30)17(20)21/h2-3,8,14,17,24H,4-7,9-11H2,1H3,(H,23,30)/t14-/m0/s1. The smallest absolute Gasteiger partial charge is 0.414 e. The van der Waals surface area contributed by atoms with E-state index in [1.165, 1.54) is 16.8 Å². The van der Waals surface area contributed by atoms with E-state index in [9.17, 15) is 19.2 Å². The average molecular weight is 503 g/mol. The molecule has 0 bridgehead atoms. The number of anilines is 2. The van der Waals surface area contributed by atoms with Gasteiger partial charge in [0, 0.05) is 26.6 Å². The molecule has 180 valence electrons. The maximum Gasteiger partial charge on any atom is 0.414 e. The predicted molar refractivity (Wildman–Crippen MR) is 119 cm³/mol. The van der Waals surface area contributed by atoms with Gasteiger partial charge >= 0.3 is 12.1 Å². The summed E-state index contributed by atoms with van der Waals surface area (Å²) in [5, 5.41) is 3.94. The molecule has 2 aliphatic heterocycles. The first-order valence-corrected chi connectivity index (χ1v) is 11.0. The first kappa shape index (κ1) is 24.8. The number of carbonyl (C=O) groups is 4. The minimum absolute atomic E-state index is 0.0932. The molecule has 1 atom stereocenters. The van der Waals surface area contributed by atoms with Crippen LogP contribution in [-0.2, 0) is 23.9 Å². The second kappa shape index (κ2) is 11.3. The number of ether oxygens (including phenoxy) is 2. The molecule has 0 unspecified atom stereocenters. The molecule has 1 aromatic heterocycles. The Morgan fingerprint density at radius 1 is 1.30 bits per heavy atom. The Balaban J connectivity index is 1.53. The number of aromatic nitrogens is 1. The zero-order chi connectivity index (χ0) is 24.0. The summed E-state index contributed by atoms with van der Waals surface area (Å²) >= 11 is 11.0. The van der Waals surface area contributed by atoms with Gasteiger partial charge in [0.1, 0.15) is 11.9 Å². The molecule has 0 aromatic carbocycles. The maximum absolute atomic E-state index is 12.2. The number of pyridine rings is 1. The number of hydrogen-bond donors (Lipinski definition) is 2. The molecular formula is C19H24Cl2N6O6. The normalized spacial score (nSPS) is 18.7. The maximum atomic E-state index is 12.2. The predicted octanol–water partition coefficient (Wildman–Crippen LogP) is 0.0430. The molecule has 14 heteroatoms. The summed E-state index contributed by atoms with van der Waals surface area (Å²) in [5.74, 6) is -0.721. The number of hydrazine groups is 1. The van der Waals surface area contributed by atoms with Gasteiger partial charge in [0.25, 0.3) is 11.8 Å². The van der Waals surface area contributed by atoms with Gasteiger partial charge in [-0.2, -0.15) is 0 Å². The van der Waals surface area contributed by atoms with Gasteiger partial charge in [-0.05, 0) is 12.1 Å². The molecule has 2 saturated heterocycles. The van der Waals surface area contributed by atoms with Crippen LogP contribution in [0.25, 0.3) is 0 Å². The molecule has 2 N–H and O–H groups in total. The molecule has 3 heterocycles. The lowest BCUT2D eigenvalue weighted by molar-refractivity contribution is -0.151. The monoisotopic (exact) mass is 502 g/mol. The van der Waals surface area contributed by atoms with Gasteiger partial charge in [-0.1, -0.05) is 23.2 Å². The second-order valence-corrected chi connectivity index (χ2v) is 8.35. The second-order valence-electron chi connectivity index (χ2n) is 7.26. The van der Waals surface area contributed by atoms with Gasteiger partial charge in [0.2, 0.25) is 0 Å². The number of amides is 3. The molecule has 0 saturated carbocycles. The molecule has 0 aliphatic carbocycles. The number of alkyl halides is 2. The molecule has 1 aromatic rings. The lowest BCUT2D eigenvalue weighted by Crippen LogP contribution is -2.45. The highest BCUT2D eigenvalue weighted by atomic mass is 35.5. The van der Waals surface area contributed by atoms with E-state index in [0.29, 0.717) is 37.7 Å². The molecule has 2 fully saturated rings. The molecule has 2 aliphatic rings. The van der Waals surface area contributed by atoms with Crippen LogP contribution in [0.4, 0.5) is 16.3 Å². The van der Waals surface area contributed by atoms with Crippen LogP contribution in [0.5, 0.6) is 0 Å². The molecule has 3 rings (SSSR count). The van der Waals surface area contributed by atoms with Crippen molar-refractivity contribution in [1.29, 1.82) is 0 Å². The fourth-order valence-electron chi connectivity index (χ4n) is 3.27. The quantitative estimate of drug-likeness (QED) is 0.391. The molecule has 0 radical (unpaired) electrons. The lowest BCUT2D eigenvalue weighted by atomic mass is 10.3. The Morgan fingerprint density at radius 3 is 2.76 bits per heavy atom. The molecule has 12 nitrogen and oxygen atoms in total. The van der Waals surface area contributed by atoms with Gasteiger partial charge in [-0.15, -0.1) is 0 Å². The molecule has 0 spiro atoms. The highest BCUT2D eigenvalue weighted by molar-refractivity contribution is 6.53. The highest BCUT2D eigenvalue weighted by Gasteiger charge is 2.33. The van der Waals surface area contributed by atoms with Gasteiger partial charge in [-0.25, -0.2) is 15.2 Å². The number of rotatable bonds is 7. The van der Waals surface area contributed by atoms with Crippen molar-refractivity contribution in [3.8, 4) is 0 Å². The van der Waals surface area contributed by atoms with Crippen LogP contribution < -0.4 is 20.5 Å². The van der Waals surface area contributed by atoms with Crippen molar-refractivity contribution >= 4 is 58.6 Å². The summed E-state index contributed by atoms with van der Waals surface area (Å²) in [6, 6.07) is 3.53.